The largest absolute Gasteiger partial charge is 0.352 e. The van der Waals surface area contributed by atoms with Crippen LogP contribution < -0.4 is 16.6 Å². The summed E-state index contributed by atoms with van der Waals surface area (Å²) in [5, 5.41) is 4.58. The number of hydrogen-bond acceptors (Lipinski definition) is 4. The molecule has 0 spiro atoms. The summed E-state index contributed by atoms with van der Waals surface area (Å²) in [4.78, 5) is 38.4. The molecule has 2 aromatic heterocycles. The van der Waals surface area contributed by atoms with Crippen LogP contribution in [0.3, 0.4) is 0 Å². The van der Waals surface area contributed by atoms with E-state index in [0.29, 0.717) is 16.2 Å². The highest BCUT2D eigenvalue weighted by Gasteiger charge is 2.20. The van der Waals surface area contributed by atoms with Crippen LogP contribution in [-0.2, 0) is 11.3 Å². The third-order valence-corrected chi connectivity index (χ3v) is 6.02. The van der Waals surface area contributed by atoms with E-state index in [9.17, 15) is 23.2 Å². The lowest BCUT2D eigenvalue weighted by Crippen LogP contribution is -2.43. The summed E-state index contributed by atoms with van der Waals surface area (Å²) in [5.41, 5.74) is -1.37. The molecule has 1 N–H and O–H groups in total. The molecular weight excluding hydrogens is 400 g/mol. The number of thiophene rings is 1. The molecule has 6 nitrogen and oxygen atoms in total. The Hall–Kier alpha value is -2.81. The van der Waals surface area contributed by atoms with Crippen molar-refractivity contribution in [2.24, 2.45) is 0 Å². The van der Waals surface area contributed by atoms with Crippen LogP contribution in [0.5, 0.6) is 0 Å². The highest BCUT2D eigenvalue weighted by molar-refractivity contribution is 7.17. The highest BCUT2D eigenvalue weighted by Crippen LogP contribution is 2.19. The van der Waals surface area contributed by atoms with Crippen molar-refractivity contribution in [2.75, 3.05) is 0 Å². The van der Waals surface area contributed by atoms with Crippen LogP contribution in [0.25, 0.3) is 15.9 Å². The van der Waals surface area contributed by atoms with Crippen LogP contribution in [0, 0.1) is 11.6 Å². The molecule has 3 aromatic rings. The lowest BCUT2D eigenvalue weighted by molar-refractivity contribution is -0.122. The van der Waals surface area contributed by atoms with Gasteiger partial charge >= 0.3 is 5.69 Å². The van der Waals surface area contributed by atoms with Gasteiger partial charge in [-0.25, -0.2) is 18.1 Å². The third-order valence-electron chi connectivity index (χ3n) is 5.13. The molecule has 152 valence electrons. The number of amides is 1. The number of benzene rings is 1. The van der Waals surface area contributed by atoms with Gasteiger partial charge in [-0.2, -0.15) is 0 Å². The van der Waals surface area contributed by atoms with Gasteiger partial charge in [0.15, 0.2) is 0 Å². The van der Waals surface area contributed by atoms with E-state index in [1.807, 2.05) is 0 Å². The zero-order valence-corrected chi connectivity index (χ0v) is 16.3. The maximum atomic E-state index is 13.7. The van der Waals surface area contributed by atoms with E-state index in [1.165, 1.54) is 4.57 Å². The van der Waals surface area contributed by atoms with Crippen molar-refractivity contribution in [3.63, 3.8) is 0 Å². The van der Waals surface area contributed by atoms with Crippen LogP contribution in [0.4, 0.5) is 8.78 Å². The topological polar surface area (TPSA) is 73.1 Å². The average Bonchev–Trinajstić information content (AvgIpc) is 3.15. The van der Waals surface area contributed by atoms with E-state index in [1.54, 1.807) is 11.4 Å². The highest BCUT2D eigenvalue weighted by atomic mass is 32.1. The first-order valence-corrected chi connectivity index (χ1v) is 10.3. The maximum absolute atomic E-state index is 13.7. The van der Waals surface area contributed by atoms with Crippen LogP contribution in [0.15, 0.2) is 39.2 Å². The molecule has 0 saturated heterocycles. The van der Waals surface area contributed by atoms with Crippen LogP contribution in [-0.4, -0.2) is 21.1 Å². The van der Waals surface area contributed by atoms with Gasteiger partial charge in [0.25, 0.3) is 5.56 Å². The van der Waals surface area contributed by atoms with Gasteiger partial charge in [0.2, 0.25) is 5.91 Å². The molecule has 4 rings (SSSR count). The summed E-state index contributed by atoms with van der Waals surface area (Å²) in [5.74, 6) is -2.14. The van der Waals surface area contributed by atoms with Gasteiger partial charge in [-0.15, -0.1) is 11.3 Å². The minimum absolute atomic E-state index is 0.0770. The second-order valence-electron chi connectivity index (χ2n) is 7.17. The second-order valence-corrected chi connectivity index (χ2v) is 8.09. The Bertz CT molecular complexity index is 1170. The molecule has 1 fully saturated rings. The van der Waals surface area contributed by atoms with Crippen molar-refractivity contribution < 1.29 is 13.6 Å². The molecule has 0 aliphatic heterocycles. The number of nitrogens with one attached hydrogen (secondary N) is 1. The predicted molar refractivity (Wildman–Crippen MR) is 107 cm³/mol. The van der Waals surface area contributed by atoms with Gasteiger partial charge in [0.05, 0.1) is 11.2 Å². The molecule has 9 heteroatoms. The molecular formula is C20H19F2N3O3S. The van der Waals surface area contributed by atoms with Crippen molar-refractivity contribution in [2.45, 2.75) is 44.7 Å². The molecule has 0 radical (unpaired) electrons. The molecule has 29 heavy (non-hydrogen) atoms. The quantitative estimate of drug-likeness (QED) is 0.707. The molecule has 1 saturated carbocycles. The fraction of sp³-hybridized carbons (Fsp3) is 0.350. The Kier molecular flexibility index (Phi) is 5.31. The van der Waals surface area contributed by atoms with Crippen molar-refractivity contribution in [1.29, 1.82) is 0 Å². The number of halogens is 2. The normalized spacial score (nSPS) is 15.0. The van der Waals surface area contributed by atoms with Crippen molar-refractivity contribution >= 4 is 27.5 Å². The van der Waals surface area contributed by atoms with Gasteiger partial charge in [0, 0.05) is 12.1 Å². The summed E-state index contributed by atoms with van der Waals surface area (Å²) >= 11 is 1.10. The predicted octanol–water partition coefficient (Wildman–Crippen LogP) is 2.94. The maximum Gasteiger partial charge on any atom is 0.336 e. The monoisotopic (exact) mass is 419 g/mol. The molecule has 2 heterocycles. The Morgan fingerprint density at radius 1 is 1.10 bits per heavy atom. The Morgan fingerprint density at radius 2 is 1.79 bits per heavy atom. The number of rotatable bonds is 4. The first-order valence-electron chi connectivity index (χ1n) is 9.43. The average molecular weight is 419 g/mol. The van der Waals surface area contributed by atoms with Gasteiger partial charge in [-0.1, -0.05) is 19.3 Å². The van der Waals surface area contributed by atoms with E-state index in [4.69, 9.17) is 0 Å². The first kappa shape index (κ1) is 19.5. The molecule has 1 aliphatic rings. The summed E-state index contributed by atoms with van der Waals surface area (Å²) in [6, 6.07) is 4.16. The lowest BCUT2D eigenvalue weighted by atomic mass is 9.95. The van der Waals surface area contributed by atoms with E-state index in [2.05, 4.69) is 5.32 Å². The zero-order chi connectivity index (χ0) is 20.5. The second kappa shape index (κ2) is 7.90. The smallest absolute Gasteiger partial charge is 0.336 e. The molecule has 1 aliphatic carbocycles. The van der Waals surface area contributed by atoms with Gasteiger partial charge in [-0.05, 0) is 36.4 Å². The van der Waals surface area contributed by atoms with E-state index in [-0.39, 0.29) is 28.9 Å². The molecule has 1 amide bonds. The number of carbonyl (C=O) groups is 1. The number of fused-ring (bicyclic) bond motifs is 1. The minimum Gasteiger partial charge on any atom is -0.352 e. The van der Waals surface area contributed by atoms with Crippen molar-refractivity contribution in [1.82, 2.24) is 14.5 Å². The fourth-order valence-corrected chi connectivity index (χ4v) is 4.62. The molecule has 0 unspecified atom stereocenters. The van der Waals surface area contributed by atoms with Crippen LogP contribution >= 0.6 is 11.3 Å². The molecule has 1 aromatic carbocycles. The minimum atomic E-state index is -0.904. The van der Waals surface area contributed by atoms with Crippen molar-refractivity contribution in [3.05, 3.63) is 62.1 Å². The first-order chi connectivity index (χ1) is 13.9. The Morgan fingerprint density at radius 3 is 2.48 bits per heavy atom. The van der Waals surface area contributed by atoms with Crippen LogP contribution in [0.2, 0.25) is 0 Å². The third kappa shape index (κ3) is 3.87. The van der Waals surface area contributed by atoms with Crippen molar-refractivity contribution in [3.8, 4) is 5.69 Å². The van der Waals surface area contributed by atoms with E-state index < -0.39 is 22.9 Å². The number of hydrogen-bond donors (Lipinski definition) is 1. The van der Waals surface area contributed by atoms with Gasteiger partial charge < -0.3 is 5.32 Å². The molecule has 0 atom stereocenters. The number of nitrogens with zero attached hydrogens (tertiary/aromatic N) is 2. The van der Waals surface area contributed by atoms with Gasteiger partial charge in [0.1, 0.15) is 22.9 Å². The van der Waals surface area contributed by atoms with Gasteiger partial charge in [-0.3, -0.25) is 14.2 Å². The Balaban J connectivity index is 1.78. The summed E-state index contributed by atoms with van der Waals surface area (Å²) in [6.45, 7) is -0.277. The SMILES string of the molecule is O=C(Cn1c(=O)n(-c2cc(F)cc(F)c2)c(=O)c2sccc21)NC1CCCCC1. The molecule has 0 bridgehead atoms. The zero-order valence-electron chi connectivity index (χ0n) is 15.5. The van der Waals surface area contributed by atoms with E-state index >= 15 is 0 Å². The number of carbonyl (C=O) groups excluding carboxylic acids is 1. The summed E-state index contributed by atoms with van der Waals surface area (Å²) in [7, 11) is 0. The number of aromatic nitrogens is 2. The van der Waals surface area contributed by atoms with Crippen LogP contribution in [0.1, 0.15) is 32.1 Å². The summed E-state index contributed by atoms with van der Waals surface area (Å²) < 4.78 is 29.5. The Labute approximate surface area is 168 Å². The lowest BCUT2D eigenvalue weighted by Gasteiger charge is -2.23. The fourth-order valence-electron chi connectivity index (χ4n) is 3.80. The van der Waals surface area contributed by atoms with E-state index in [0.717, 1.165) is 55.6 Å². The summed E-state index contributed by atoms with van der Waals surface area (Å²) in [6.07, 6.45) is 5.05. The standard InChI is InChI=1S/C20H19F2N3O3S/c21-12-8-13(22)10-15(9-12)25-19(27)18-16(6-7-29-18)24(20(25)28)11-17(26)23-14-4-2-1-3-5-14/h6-10,14H,1-5,11H2,(H,23,26).